The molecule has 1 atom stereocenters. The van der Waals surface area contributed by atoms with Gasteiger partial charge in [0.1, 0.15) is 4.21 Å². The van der Waals surface area contributed by atoms with Gasteiger partial charge in [0.25, 0.3) is 10.0 Å². The monoisotopic (exact) mass is 341 g/mol. The highest BCUT2D eigenvalue weighted by Gasteiger charge is 2.18. The van der Waals surface area contributed by atoms with Gasteiger partial charge in [-0.1, -0.05) is 6.92 Å². The molecule has 0 saturated carbocycles. The minimum atomic E-state index is -3.39. The predicted molar refractivity (Wildman–Crippen MR) is 72.7 cm³/mol. The van der Waals surface area contributed by atoms with Crippen molar-refractivity contribution in [2.24, 2.45) is 5.92 Å². The van der Waals surface area contributed by atoms with Crippen LogP contribution in [0.5, 0.6) is 0 Å². The molecule has 7 heteroatoms. The van der Waals surface area contributed by atoms with Gasteiger partial charge in [-0.15, -0.1) is 11.3 Å². The number of aliphatic hydroxyl groups excluding tert-OH is 1. The lowest BCUT2D eigenvalue weighted by Gasteiger charge is -2.08. The first-order chi connectivity index (χ1) is 7.97. The van der Waals surface area contributed by atoms with Gasteiger partial charge in [-0.25, -0.2) is 13.1 Å². The molecule has 0 spiro atoms. The van der Waals surface area contributed by atoms with E-state index in [4.69, 9.17) is 5.11 Å². The summed E-state index contributed by atoms with van der Waals surface area (Å²) in [6.07, 6.45) is 1.54. The number of rotatable bonds is 7. The number of sulfonamides is 1. The Hall–Kier alpha value is 0.0500. The zero-order valence-corrected chi connectivity index (χ0v) is 12.7. The minimum Gasteiger partial charge on any atom is -0.396 e. The molecule has 2 N–H and O–H groups in total. The molecule has 0 fully saturated rings. The van der Waals surface area contributed by atoms with Crippen LogP contribution in [0.1, 0.15) is 19.8 Å². The number of hydrogen-bond acceptors (Lipinski definition) is 4. The normalized spacial score (nSPS) is 13.8. The summed E-state index contributed by atoms with van der Waals surface area (Å²) in [5.41, 5.74) is 0. The van der Waals surface area contributed by atoms with E-state index in [9.17, 15) is 8.42 Å². The third-order valence-electron chi connectivity index (χ3n) is 2.31. The van der Waals surface area contributed by atoms with Crippen LogP contribution in [0.2, 0.25) is 0 Å². The van der Waals surface area contributed by atoms with Crippen LogP contribution in [0.4, 0.5) is 0 Å². The van der Waals surface area contributed by atoms with E-state index in [0.717, 1.165) is 12.8 Å². The molecule has 17 heavy (non-hydrogen) atoms. The van der Waals surface area contributed by atoms with E-state index in [2.05, 4.69) is 20.7 Å². The molecule has 0 aromatic carbocycles. The Kier molecular flexibility index (Phi) is 6.08. The van der Waals surface area contributed by atoms with Gasteiger partial charge in [0.2, 0.25) is 0 Å². The summed E-state index contributed by atoms with van der Waals surface area (Å²) in [6.45, 7) is 2.48. The summed E-state index contributed by atoms with van der Waals surface area (Å²) in [7, 11) is -3.39. The van der Waals surface area contributed by atoms with Crippen LogP contribution < -0.4 is 4.72 Å². The first kappa shape index (κ1) is 15.1. The fraction of sp³-hybridized carbons (Fsp3) is 0.600. The van der Waals surface area contributed by atoms with Gasteiger partial charge in [0.15, 0.2) is 0 Å². The minimum absolute atomic E-state index is 0.142. The van der Waals surface area contributed by atoms with Crippen LogP contribution in [-0.2, 0) is 10.0 Å². The molecule has 0 amide bonds. The van der Waals surface area contributed by atoms with Gasteiger partial charge in [-0.3, -0.25) is 0 Å². The van der Waals surface area contributed by atoms with Crippen molar-refractivity contribution < 1.29 is 13.5 Å². The second kappa shape index (κ2) is 6.84. The molecular formula is C10H16BrNO3S2. The van der Waals surface area contributed by atoms with Crippen LogP contribution in [0.3, 0.4) is 0 Å². The molecule has 0 aliphatic carbocycles. The van der Waals surface area contributed by atoms with E-state index in [1.807, 2.05) is 6.92 Å². The lowest BCUT2D eigenvalue weighted by Crippen LogP contribution is -2.24. The van der Waals surface area contributed by atoms with E-state index >= 15 is 0 Å². The summed E-state index contributed by atoms with van der Waals surface area (Å²) in [4.78, 5) is 0. The molecule has 0 saturated heterocycles. The molecule has 0 aliphatic heterocycles. The summed E-state index contributed by atoms with van der Waals surface area (Å²) < 4.78 is 27.2. The van der Waals surface area contributed by atoms with E-state index in [1.165, 1.54) is 11.3 Å². The fourth-order valence-electron chi connectivity index (χ4n) is 1.29. The quantitative estimate of drug-likeness (QED) is 0.747. The number of nitrogens with one attached hydrogen (secondary N) is 1. The summed E-state index contributed by atoms with van der Waals surface area (Å²) in [6, 6.07) is 1.72. The first-order valence-electron chi connectivity index (χ1n) is 5.31. The Balaban J connectivity index is 2.44. The van der Waals surface area contributed by atoms with Crippen molar-refractivity contribution in [3.8, 4) is 0 Å². The van der Waals surface area contributed by atoms with Gasteiger partial charge in [-0.2, -0.15) is 0 Å². The zero-order valence-electron chi connectivity index (χ0n) is 9.52. The van der Waals surface area contributed by atoms with E-state index in [0.29, 0.717) is 15.2 Å². The Morgan fingerprint density at radius 3 is 2.82 bits per heavy atom. The van der Waals surface area contributed by atoms with Gasteiger partial charge in [0, 0.05) is 17.6 Å². The third-order valence-corrected chi connectivity index (χ3v) is 6.44. The lowest BCUT2D eigenvalue weighted by atomic mass is 10.1. The topological polar surface area (TPSA) is 66.4 Å². The largest absolute Gasteiger partial charge is 0.396 e. The highest BCUT2D eigenvalue weighted by molar-refractivity contribution is 9.10. The molecule has 1 rings (SSSR count). The van der Waals surface area contributed by atoms with E-state index in [1.54, 1.807) is 11.4 Å². The maximum atomic E-state index is 11.8. The molecule has 1 aromatic rings. The van der Waals surface area contributed by atoms with Crippen molar-refractivity contribution in [2.75, 3.05) is 13.2 Å². The molecule has 98 valence electrons. The highest BCUT2D eigenvalue weighted by Crippen LogP contribution is 2.27. The van der Waals surface area contributed by atoms with Gasteiger partial charge in [-0.05, 0) is 46.1 Å². The van der Waals surface area contributed by atoms with E-state index < -0.39 is 10.0 Å². The standard InChI is InChI=1S/C10H16BrNO3S2/c1-8(7-13)3-2-5-12-17(14,15)10-9(11)4-6-16-10/h4,6,8,12-13H,2-3,5,7H2,1H3. The SMILES string of the molecule is CC(CO)CCCNS(=O)(=O)c1sccc1Br. The summed E-state index contributed by atoms with van der Waals surface area (Å²) in [5.74, 6) is 0.216. The Morgan fingerprint density at radius 1 is 1.59 bits per heavy atom. The Labute approximate surface area is 114 Å². The third kappa shape index (κ3) is 4.67. The molecule has 0 aliphatic rings. The zero-order chi connectivity index (χ0) is 12.9. The Morgan fingerprint density at radius 2 is 2.29 bits per heavy atom. The maximum absolute atomic E-state index is 11.8. The molecule has 1 aromatic heterocycles. The van der Waals surface area contributed by atoms with Crippen molar-refractivity contribution in [1.29, 1.82) is 0 Å². The second-order valence-electron chi connectivity index (χ2n) is 3.88. The molecule has 0 radical (unpaired) electrons. The van der Waals surface area contributed by atoms with Crippen LogP contribution in [0.15, 0.2) is 20.1 Å². The van der Waals surface area contributed by atoms with Gasteiger partial charge >= 0.3 is 0 Å². The number of aliphatic hydroxyl groups is 1. The number of thiophene rings is 1. The van der Waals surface area contributed by atoms with Crippen molar-refractivity contribution in [3.05, 3.63) is 15.9 Å². The van der Waals surface area contributed by atoms with Crippen molar-refractivity contribution in [1.82, 2.24) is 4.72 Å². The van der Waals surface area contributed by atoms with Crippen LogP contribution >= 0.6 is 27.3 Å². The van der Waals surface area contributed by atoms with Crippen molar-refractivity contribution in [2.45, 2.75) is 24.0 Å². The number of hydrogen-bond donors (Lipinski definition) is 2. The number of halogens is 1. The lowest BCUT2D eigenvalue weighted by molar-refractivity contribution is 0.228. The van der Waals surface area contributed by atoms with Crippen LogP contribution in [0.25, 0.3) is 0 Å². The summed E-state index contributed by atoms with van der Waals surface area (Å²) in [5, 5.41) is 10.6. The van der Waals surface area contributed by atoms with Gasteiger partial charge < -0.3 is 5.11 Å². The van der Waals surface area contributed by atoms with Crippen molar-refractivity contribution >= 4 is 37.3 Å². The predicted octanol–water partition coefficient (Wildman–Crippen LogP) is 2.20. The van der Waals surface area contributed by atoms with Crippen LogP contribution in [-0.4, -0.2) is 26.7 Å². The molecule has 0 bridgehead atoms. The van der Waals surface area contributed by atoms with E-state index in [-0.39, 0.29) is 12.5 Å². The maximum Gasteiger partial charge on any atom is 0.251 e. The van der Waals surface area contributed by atoms with Crippen LogP contribution in [0, 0.1) is 5.92 Å². The molecule has 1 unspecified atom stereocenters. The molecular weight excluding hydrogens is 326 g/mol. The van der Waals surface area contributed by atoms with Crippen molar-refractivity contribution in [3.63, 3.8) is 0 Å². The molecule has 1 heterocycles. The highest BCUT2D eigenvalue weighted by atomic mass is 79.9. The smallest absolute Gasteiger partial charge is 0.251 e. The Bertz CT molecular complexity index is 444. The average Bonchev–Trinajstić information content (AvgIpc) is 2.71. The second-order valence-corrected chi connectivity index (χ2v) is 7.62. The molecule has 4 nitrogen and oxygen atoms in total. The average molecular weight is 342 g/mol. The fourth-order valence-corrected chi connectivity index (χ4v) is 4.74. The first-order valence-corrected chi connectivity index (χ1v) is 8.46. The summed E-state index contributed by atoms with van der Waals surface area (Å²) >= 11 is 4.39. The van der Waals surface area contributed by atoms with Gasteiger partial charge in [0.05, 0.1) is 0 Å².